The van der Waals surface area contributed by atoms with Crippen molar-refractivity contribution in [1.29, 1.82) is 0 Å². The van der Waals surface area contributed by atoms with Gasteiger partial charge in [-0.05, 0) is 29.5 Å². The highest BCUT2D eigenvalue weighted by Gasteiger charge is 2.37. The molecule has 0 saturated heterocycles. The van der Waals surface area contributed by atoms with Crippen molar-refractivity contribution in [3.63, 3.8) is 0 Å². The Labute approximate surface area is 154 Å². The smallest absolute Gasteiger partial charge is 0.267 e. The fourth-order valence-corrected chi connectivity index (χ4v) is 3.78. The van der Waals surface area contributed by atoms with E-state index in [2.05, 4.69) is 23.7 Å². The molecule has 0 unspecified atom stereocenters. The molecule has 0 aliphatic heterocycles. The van der Waals surface area contributed by atoms with Crippen LogP contribution in [0.2, 0.25) is 0 Å². The van der Waals surface area contributed by atoms with Gasteiger partial charge >= 0.3 is 6.18 Å². The third-order valence-corrected chi connectivity index (χ3v) is 5.21. The summed E-state index contributed by atoms with van der Waals surface area (Å²) >= 11 is 1.71. The van der Waals surface area contributed by atoms with Gasteiger partial charge in [-0.2, -0.15) is 18.3 Å². The molecule has 1 atom stereocenters. The first-order chi connectivity index (χ1) is 12.3. The predicted octanol–water partition coefficient (Wildman–Crippen LogP) is 4.53. The van der Waals surface area contributed by atoms with Crippen molar-refractivity contribution in [3.05, 3.63) is 52.3 Å². The van der Waals surface area contributed by atoms with Gasteiger partial charge in [0.25, 0.3) is 0 Å². The molecule has 1 aliphatic rings. The van der Waals surface area contributed by atoms with E-state index in [1.807, 2.05) is 18.2 Å². The van der Waals surface area contributed by atoms with Gasteiger partial charge < -0.3 is 0 Å². The van der Waals surface area contributed by atoms with Crippen LogP contribution in [0.25, 0.3) is 0 Å². The SMILES string of the molecule is CC(C)SN[C@H]1Cc2ccc(Cn3cc(CF)c(C(F)(F)F)n3)cc2C1. The molecule has 142 valence electrons. The fraction of sp³-hybridized carbons (Fsp3) is 0.500. The second kappa shape index (κ2) is 7.60. The lowest BCUT2D eigenvalue weighted by molar-refractivity contribution is -0.142. The summed E-state index contributed by atoms with van der Waals surface area (Å²) in [7, 11) is 0. The zero-order valence-corrected chi connectivity index (χ0v) is 15.4. The maximum absolute atomic E-state index is 12.9. The monoisotopic (exact) mass is 387 g/mol. The van der Waals surface area contributed by atoms with Crippen molar-refractivity contribution in [1.82, 2.24) is 14.5 Å². The molecule has 1 aliphatic carbocycles. The molecule has 1 aromatic heterocycles. The molecular formula is C18H21F4N3S. The average molecular weight is 387 g/mol. The van der Waals surface area contributed by atoms with Crippen molar-refractivity contribution in [3.8, 4) is 0 Å². The molecule has 3 nitrogen and oxygen atoms in total. The zero-order valence-electron chi connectivity index (χ0n) is 14.6. The maximum Gasteiger partial charge on any atom is 0.435 e. The number of aromatic nitrogens is 2. The van der Waals surface area contributed by atoms with Crippen molar-refractivity contribution in [2.45, 2.75) is 57.4 Å². The summed E-state index contributed by atoms with van der Waals surface area (Å²) in [5, 5.41) is 4.04. The molecule has 2 aromatic rings. The molecule has 1 heterocycles. The lowest BCUT2D eigenvalue weighted by atomic mass is 10.1. The normalized spacial score (nSPS) is 17.1. The second-order valence-electron chi connectivity index (χ2n) is 6.82. The van der Waals surface area contributed by atoms with Gasteiger partial charge in [0, 0.05) is 23.1 Å². The van der Waals surface area contributed by atoms with Crippen LogP contribution in [0, 0.1) is 0 Å². The number of nitrogens with one attached hydrogen (secondary N) is 1. The third kappa shape index (κ3) is 4.40. The third-order valence-electron chi connectivity index (χ3n) is 4.27. The van der Waals surface area contributed by atoms with E-state index in [9.17, 15) is 17.6 Å². The minimum atomic E-state index is -4.64. The molecule has 26 heavy (non-hydrogen) atoms. The van der Waals surface area contributed by atoms with Crippen molar-refractivity contribution in [2.24, 2.45) is 0 Å². The van der Waals surface area contributed by atoms with Gasteiger partial charge in [0.1, 0.15) is 6.67 Å². The Kier molecular flexibility index (Phi) is 5.62. The fourth-order valence-electron chi connectivity index (χ4n) is 3.15. The van der Waals surface area contributed by atoms with Crippen LogP contribution in [-0.4, -0.2) is 21.1 Å². The highest BCUT2D eigenvalue weighted by atomic mass is 32.2. The molecule has 0 radical (unpaired) electrons. The van der Waals surface area contributed by atoms with E-state index >= 15 is 0 Å². The highest BCUT2D eigenvalue weighted by molar-refractivity contribution is 7.98. The number of rotatable bonds is 6. The van der Waals surface area contributed by atoms with Gasteiger partial charge in [0.15, 0.2) is 5.69 Å². The standard InChI is InChI=1S/C18H21F4N3S/c1-11(2)26-24-16-6-13-4-3-12(5-14(13)7-16)9-25-10-15(8-19)17(23-25)18(20,21)22/h3-5,10-11,16,24H,6-9H2,1-2H3/t16-/m0/s1. The van der Waals surface area contributed by atoms with Crippen molar-refractivity contribution < 1.29 is 17.6 Å². The Balaban J connectivity index is 1.72. The molecule has 3 rings (SSSR count). The minimum Gasteiger partial charge on any atom is -0.267 e. The average Bonchev–Trinajstić information content (AvgIpc) is 3.15. The molecular weight excluding hydrogens is 366 g/mol. The summed E-state index contributed by atoms with van der Waals surface area (Å²) in [5.41, 5.74) is 1.77. The summed E-state index contributed by atoms with van der Waals surface area (Å²) in [6.45, 7) is 3.26. The largest absolute Gasteiger partial charge is 0.435 e. The van der Waals surface area contributed by atoms with Crippen molar-refractivity contribution in [2.75, 3.05) is 0 Å². The Morgan fingerprint density at radius 2 is 2.00 bits per heavy atom. The first-order valence-electron chi connectivity index (χ1n) is 8.47. The summed E-state index contributed by atoms with van der Waals surface area (Å²) in [4.78, 5) is 0. The quantitative estimate of drug-likeness (QED) is 0.583. The number of benzene rings is 1. The molecule has 0 spiro atoms. The number of nitrogens with zero attached hydrogens (tertiary/aromatic N) is 2. The van der Waals surface area contributed by atoms with Gasteiger partial charge in [-0.1, -0.05) is 44.0 Å². The Hall–Kier alpha value is -1.54. The van der Waals surface area contributed by atoms with Crippen LogP contribution in [0.1, 0.15) is 41.8 Å². The Morgan fingerprint density at radius 3 is 2.62 bits per heavy atom. The van der Waals surface area contributed by atoms with Gasteiger partial charge in [-0.15, -0.1) is 0 Å². The predicted molar refractivity (Wildman–Crippen MR) is 94.6 cm³/mol. The number of hydrogen-bond acceptors (Lipinski definition) is 3. The highest BCUT2D eigenvalue weighted by Crippen LogP contribution is 2.31. The van der Waals surface area contributed by atoms with E-state index < -0.39 is 24.1 Å². The van der Waals surface area contributed by atoms with E-state index in [0.717, 1.165) is 24.6 Å². The van der Waals surface area contributed by atoms with Crippen LogP contribution in [0.3, 0.4) is 0 Å². The number of hydrogen-bond donors (Lipinski definition) is 1. The topological polar surface area (TPSA) is 29.9 Å². The van der Waals surface area contributed by atoms with E-state index in [0.29, 0.717) is 11.3 Å². The Morgan fingerprint density at radius 1 is 1.27 bits per heavy atom. The van der Waals surface area contributed by atoms with Gasteiger partial charge in [-0.25, -0.2) is 4.39 Å². The first-order valence-corrected chi connectivity index (χ1v) is 9.35. The molecule has 8 heteroatoms. The zero-order chi connectivity index (χ0) is 18.9. The number of halogens is 4. The maximum atomic E-state index is 12.9. The lowest BCUT2D eigenvalue weighted by Gasteiger charge is -2.12. The summed E-state index contributed by atoms with van der Waals surface area (Å²) in [6, 6.07) is 6.31. The molecule has 0 saturated carbocycles. The van der Waals surface area contributed by atoms with E-state index in [-0.39, 0.29) is 6.54 Å². The molecule has 1 aromatic carbocycles. The van der Waals surface area contributed by atoms with E-state index in [1.165, 1.54) is 15.8 Å². The number of fused-ring (bicyclic) bond motifs is 1. The second-order valence-corrected chi connectivity index (χ2v) is 8.24. The molecule has 0 fully saturated rings. The summed E-state index contributed by atoms with van der Waals surface area (Å²) in [5.74, 6) is 0. The van der Waals surface area contributed by atoms with Crippen LogP contribution >= 0.6 is 11.9 Å². The van der Waals surface area contributed by atoms with Crippen LogP contribution in [0.15, 0.2) is 24.4 Å². The van der Waals surface area contributed by atoms with Crippen molar-refractivity contribution >= 4 is 11.9 Å². The van der Waals surface area contributed by atoms with Gasteiger partial charge in [-0.3, -0.25) is 9.40 Å². The van der Waals surface area contributed by atoms with Crippen LogP contribution in [0.5, 0.6) is 0 Å². The van der Waals surface area contributed by atoms with E-state index in [4.69, 9.17) is 0 Å². The Bertz CT molecular complexity index is 770. The van der Waals surface area contributed by atoms with Crippen LogP contribution < -0.4 is 4.72 Å². The van der Waals surface area contributed by atoms with Gasteiger partial charge in [0.05, 0.1) is 6.54 Å². The van der Waals surface area contributed by atoms with Crippen LogP contribution in [0.4, 0.5) is 17.6 Å². The first kappa shape index (κ1) is 19.2. The lowest BCUT2D eigenvalue weighted by Crippen LogP contribution is -2.24. The molecule has 0 bridgehead atoms. The van der Waals surface area contributed by atoms with E-state index in [1.54, 1.807) is 11.9 Å². The summed E-state index contributed by atoms with van der Waals surface area (Å²) in [6.07, 6.45) is -1.66. The molecule has 1 N–H and O–H groups in total. The summed E-state index contributed by atoms with van der Waals surface area (Å²) < 4.78 is 56.2. The minimum absolute atomic E-state index is 0.190. The van der Waals surface area contributed by atoms with Gasteiger partial charge in [0.2, 0.25) is 0 Å². The molecule has 0 amide bonds. The number of alkyl halides is 4. The van der Waals surface area contributed by atoms with Crippen LogP contribution in [-0.2, 0) is 32.2 Å².